The van der Waals surface area contributed by atoms with Crippen molar-refractivity contribution in [1.82, 2.24) is 9.80 Å². The average Bonchev–Trinajstić information content (AvgIpc) is 3.23. The highest BCUT2D eigenvalue weighted by Crippen LogP contribution is 2.45. The molecule has 2 aromatic carbocycles. The normalized spacial score (nSPS) is 23.5. The molecule has 2 amide bonds. The first-order valence-electron chi connectivity index (χ1n) is 13.7. The van der Waals surface area contributed by atoms with E-state index in [9.17, 15) is 15.0 Å². The van der Waals surface area contributed by atoms with E-state index < -0.39 is 17.7 Å². The smallest absolute Gasteiger partial charge is 0.320 e. The molecular weight excluding hydrogens is 485 g/mol. The van der Waals surface area contributed by atoms with E-state index in [1.54, 1.807) is 23.0 Å². The predicted molar refractivity (Wildman–Crippen MR) is 146 cm³/mol. The second kappa shape index (κ2) is 12.1. The SMILES string of the molecule is COCCCC[C@@](O)(c1cccc(F)c1-c1cc(C)cc(C)c1)C1CCCN(C(=O)N2C[C@@H](N)[C@@H](O)C2)C1. The summed E-state index contributed by atoms with van der Waals surface area (Å²) in [6.45, 7) is 6.00. The molecule has 8 heteroatoms. The molecule has 0 bridgehead atoms. The van der Waals surface area contributed by atoms with Crippen LogP contribution in [-0.4, -0.2) is 78.1 Å². The third kappa shape index (κ3) is 6.04. The van der Waals surface area contributed by atoms with Gasteiger partial charge in [0.2, 0.25) is 0 Å². The molecule has 0 aromatic heterocycles. The van der Waals surface area contributed by atoms with Crippen LogP contribution in [0.4, 0.5) is 9.18 Å². The fourth-order valence-corrected chi connectivity index (χ4v) is 6.21. The number of rotatable bonds is 8. The van der Waals surface area contributed by atoms with Crippen molar-refractivity contribution >= 4 is 6.03 Å². The molecular formula is C30H42FN3O4. The Bertz CT molecular complexity index is 1100. The van der Waals surface area contributed by atoms with Crippen molar-refractivity contribution in [3.8, 4) is 11.1 Å². The molecule has 2 aliphatic heterocycles. The highest BCUT2D eigenvalue weighted by Gasteiger charge is 2.44. The van der Waals surface area contributed by atoms with Crippen LogP contribution in [0, 0.1) is 25.6 Å². The molecule has 208 valence electrons. The van der Waals surface area contributed by atoms with Crippen LogP contribution in [0.5, 0.6) is 0 Å². The largest absolute Gasteiger partial charge is 0.390 e. The molecule has 0 saturated carbocycles. The Morgan fingerprint density at radius 3 is 2.53 bits per heavy atom. The lowest BCUT2D eigenvalue weighted by atomic mass is 9.72. The lowest BCUT2D eigenvalue weighted by Crippen LogP contribution is -2.52. The van der Waals surface area contributed by atoms with Crippen molar-refractivity contribution in [3.05, 3.63) is 58.9 Å². The second-order valence-electron chi connectivity index (χ2n) is 11.1. The maximum Gasteiger partial charge on any atom is 0.320 e. The number of urea groups is 1. The van der Waals surface area contributed by atoms with E-state index >= 15 is 4.39 Å². The molecule has 2 saturated heterocycles. The van der Waals surface area contributed by atoms with Crippen molar-refractivity contribution in [2.24, 2.45) is 11.7 Å². The highest BCUT2D eigenvalue weighted by atomic mass is 19.1. The maximum absolute atomic E-state index is 15.6. The number of aliphatic hydroxyl groups is 2. The van der Waals surface area contributed by atoms with E-state index in [1.165, 1.54) is 6.07 Å². The number of carbonyl (C=O) groups is 1. The van der Waals surface area contributed by atoms with Gasteiger partial charge in [-0.2, -0.15) is 0 Å². The number of ether oxygens (including phenoxy) is 1. The van der Waals surface area contributed by atoms with E-state index in [0.717, 1.165) is 36.0 Å². The van der Waals surface area contributed by atoms with Crippen LogP contribution in [0.1, 0.15) is 48.8 Å². The number of likely N-dealkylation sites (tertiary alicyclic amines) is 2. The number of hydrogen-bond donors (Lipinski definition) is 3. The van der Waals surface area contributed by atoms with Gasteiger partial charge in [-0.1, -0.05) is 41.5 Å². The standard InChI is InChI=1S/C30H42FN3O4/c1-20-14-21(2)16-22(15-20)28-24(9-6-10-25(28)31)30(37,11-4-5-13-38-3)23-8-7-12-33(17-23)29(36)34-18-26(32)27(35)19-34/h6,9-10,14-16,23,26-27,35,37H,4-5,7-8,11-13,17-19,32H2,1-3H3/t23?,26-,27+,30+/m1/s1. The highest BCUT2D eigenvalue weighted by molar-refractivity contribution is 5.75. The number of benzene rings is 2. The molecule has 38 heavy (non-hydrogen) atoms. The average molecular weight is 528 g/mol. The van der Waals surface area contributed by atoms with Crippen LogP contribution in [0.2, 0.25) is 0 Å². The fraction of sp³-hybridized carbons (Fsp3) is 0.567. The minimum absolute atomic E-state index is 0.169. The summed E-state index contributed by atoms with van der Waals surface area (Å²) in [5, 5.41) is 22.6. The van der Waals surface area contributed by atoms with Crippen LogP contribution in [0.3, 0.4) is 0 Å². The molecule has 2 aromatic rings. The zero-order valence-electron chi connectivity index (χ0n) is 22.8. The minimum Gasteiger partial charge on any atom is -0.390 e. The lowest BCUT2D eigenvalue weighted by molar-refractivity contribution is -0.0573. The number of carbonyl (C=O) groups excluding carboxylic acids is 1. The Hall–Kier alpha value is -2.52. The number of hydrogen-bond acceptors (Lipinski definition) is 5. The van der Waals surface area contributed by atoms with E-state index in [0.29, 0.717) is 50.2 Å². The van der Waals surface area contributed by atoms with E-state index in [-0.39, 0.29) is 24.3 Å². The van der Waals surface area contributed by atoms with Crippen LogP contribution >= 0.6 is 0 Å². The number of aliphatic hydroxyl groups excluding tert-OH is 1. The number of amides is 2. The molecule has 0 spiro atoms. The van der Waals surface area contributed by atoms with E-state index in [1.807, 2.05) is 38.1 Å². The van der Waals surface area contributed by atoms with Gasteiger partial charge in [0.05, 0.1) is 11.7 Å². The zero-order valence-corrected chi connectivity index (χ0v) is 22.8. The summed E-state index contributed by atoms with van der Waals surface area (Å²) in [6, 6.07) is 10.3. The molecule has 1 unspecified atom stereocenters. The van der Waals surface area contributed by atoms with Crippen molar-refractivity contribution in [1.29, 1.82) is 0 Å². The van der Waals surface area contributed by atoms with Crippen LogP contribution in [-0.2, 0) is 10.3 Å². The van der Waals surface area contributed by atoms with Crippen molar-refractivity contribution in [3.63, 3.8) is 0 Å². The molecule has 4 rings (SSSR count). The van der Waals surface area contributed by atoms with Gasteiger partial charge in [0, 0.05) is 57.4 Å². The Balaban J connectivity index is 1.70. The van der Waals surface area contributed by atoms with Gasteiger partial charge in [-0.3, -0.25) is 0 Å². The van der Waals surface area contributed by atoms with Crippen LogP contribution in [0.15, 0.2) is 36.4 Å². The van der Waals surface area contributed by atoms with Gasteiger partial charge in [-0.05, 0) is 63.1 Å². The first-order chi connectivity index (χ1) is 18.1. The van der Waals surface area contributed by atoms with Gasteiger partial charge in [-0.25, -0.2) is 9.18 Å². The molecule has 2 fully saturated rings. The predicted octanol–water partition coefficient (Wildman–Crippen LogP) is 3.95. The summed E-state index contributed by atoms with van der Waals surface area (Å²) < 4.78 is 20.8. The van der Waals surface area contributed by atoms with Gasteiger partial charge in [-0.15, -0.1) is 0 Å². The third-order valence-electron chi connectivity index (χ3n) is 8.12. The summed E-state index contributed by atoms with van der Waals surface area (Å²) in [7, 11) is 1.66. The Morgan fingerprint density at radius 2 is 1.87 bits per heavy atom. The zero-order chi connectivity index (χ0) is 27.4. The van der Waals surface area contributed by atoms with Gasteiger partial charge in [0.25, 0.3) is 0 Å². The quantitative estimate of drug-likeness (QED) is 0.452. The summed E-state index contributed by atoms with van der Waals surface area (Å²) in [5.74, 6) is -0.651. The van der Waals surface area contributed by atoms with Crippen molar-refractivity contribution in [2.75, 3.05) is 39.9 Å². The number of aryl methyl sites for hydroxylation is 2. The third-order valence-corrected chi connectivity index (χ3v) is 8.12. The minimum atomic E-state index is -1.34. The first-order valence-corrected chi connectivity index (χ1v) is 13.7. The molecule has 0 aliphatic carbocycles. The van der Waals surface area contributed by atoms with Crippen LogP contribution in [0.25, 0.3) is 11.1 Å². The number of halogens is 1. The summed E-state index contributed by atoms with van der Waals surface area (Å²) in [4.78, 5) is 16.7. The van der Waals surface area contributed by atoms with Crippen molar-refractivity contribution < 1.29 is 24.1 Å². The van der Waals surface area contributed by atoms with E-state index in [2.05, 4.69) is 0 Å². The topological polar surface area (TPSA) is 99.3 Å². The monoisotopic (exact) mass is 527 g/mol. The van der Waals surface area contributed by atoms with Crippen molar-refractivity contribution in [2.45, 2.75) is 63.7 Å². The number of unbranched alkanes of at least 4 members (excludes halogenated alkanes) is 1. The number of nitrogens with two attached hydrogens (primary N) is 1. The van der Waals surface area contributed by atoms with Gasteiger partial charge in [0.1, 0.15) is 5.82 Å². The first kappa shape index (κ1) is 28.5. The molecule has 2 aliphatic rings. The van der Waals surface area contributed by atoms with Crippen LogP contribution < -0.4 is 5.73 Å². The second-order valence-corrected chi connectivity index (χ2v) is 11.1. The van der Waals surface area contributed by atoms with Gasteiger partial charge in [0.15, 0.2) is 0 Å². The molecule has 0 radical (unpaired) electrons. The maximum atomic E-state index is 15.6. The molecule has 4 N–H and O–H groups in total. The summed E-state index contributed by atoms with van der Waals surface area (Å²) in [6.07, 6.45) is 2.61. The number of nitrogens with zero attached hydrogens (tertiary/aromatic N) is 2. The van der Waals surface area contributed by atoms with E-state index in [4.69, 9.17) is 10.5 Å². The fourth-order valence-electron chi connectivity index (χ4n) is 6.21. The molecule has 2 heterocycles. The Morgan fingerprint density at radius 1 is 1.13 bits per heavy atom. The number of β-amino-alcohol motifs (C(OH)–C–C–N with tert-alkyl or cyclic N) is 1. The van der Waals surface area contributed by atoms with Gasteiger partial charge < -0.3 is 30.5 Å². The number of methoxy groups -OCH3 is 1. The lowest BCUT2D eigenvalue weighted by Gasteiger charge is -2.44. The summed E-state index contributed by atoms with van der Waals surface area (Å²) >= 11 is 0. The Labute approximate surface area is 225 Å². The summed E-state index contributed by atoms with van der Waals surface area (Å²) in [5.41, 5.74) is 8.39. The molecule has 4 atom stereocenters. The number of piperidine rings is 1. The molecule has 7 nitrogen and oxygen atoms in total. The van der Waals surface area contributed by atoms with Gasteiger partial charge >= 0.3 is 6.03 Å². The Kier molecular flexibility index (Phi) is 9.08.